The van der Waals surface area contributed by atoms with Crippen LogP contribution in [0.5, 0.6) is 0 Å². The van der Waals surface area contributed by atoms with Crippen LogP contribution in [0, 0.1) is 34.6 Å². The van der Waals surface area contributed by atoms with E-state index in [2.05, 4.69) is 35.9 Å². The largest absolute Gasteiger partial charge is 0.335 e. The maximum absolute atomic E-state index is 13.2. The lowest BCUT2D eigenvalue weighted by Gasteiger charge is -2.27. The normalized spacial score (nSPS) is 15.5. The van der Waals surface area contributed by atoms with Crippen molar-refractivity contribution in [1.29, 1.82) is 0 Å². The van der Waals surface area contributed by atoms with Crippen molar-refractivity contribution in [3.63, 3.8) is 0 Å². The van der Waals surface area contributed by atoms with Gasteiger partial charge in [-0.05, 0) is 81.1 Å². The maximum atomic E-state index is 13.2. The predicted molar refractivity (Wildman–Crippen MR) is 125 cm³/mol. The van der Waals surface area contributed by atoms with Crippen LogP contribution in [-0.2, 0) is 9.59 Å². The number of urea groups is 1. The van der Waals surface area contributed by atoms with Gasteiger partial charge in [0.1, 0.15) is 5.57 Å². The number of benzene rings is 2. The number of aryl methyl sites for hydroxylation is 3. The number of amides is 4. The van der Waals surface area contributed by atoms with Gasteiger partial charge in [0.15, 0.2) is 0 Å². The van der Waals surface area contributed by atoms with Gasteiger partial charge in [0.05, 0.1) is 5.69 Å². The summed E-state index contributed by atoms with van der Waals surface area (Å²) in [4.78, 5) is 39.4. The minimum Gasteiger partial charge on any atom is -0.318 e. The van der Waals surface area contributed by atoms with Crippen molar-refractivity contribution in [3.05, 3.63) is 87.7 Å². The lowest BCUT2D eigenvalue weighted by molar-refractivity contribution is -0.122. The van der Waals surface area contributed by atoms with E-state index in [1.165, 1.54) is 5.56 Å². The number of barbiturate groups is 1. The molecule has 1 aliphatic heterocycles. The van der Waals surface area contributed by atoms with Gasteiger partial charge in [-0.3, -0.25) is 14.9 Å². The second-order valence-corrected chi connectivity index (χ2v) is 8.13. The third-order valence-corrected chi connectivity index (χ3v) is 6.05. The van der Waals surface area contributed by atoms with Crippen molar-refractivity contribution < 1.29 is 14.4 Å². The molecule has 1 aliphatic rings. The molecule has 6 heteroatoms. The van der Waals surface area contributed by atoms with Crippen molar-refractivity contribution in [2.45, 2.75) is 34.6 Å². The summed E-state index contributed by atoms with van der Waals surface area (Å²) in [5, 5.41) is 2.30. The Morgan fingerprint density at radius 1 is 0.812 bits per heavy atom. The van der Waals surface area contributed by atoms with E-state index in [-0.39, 0.29) is 5.57 Å². The molecule has 1 aromatic heterocycles. The van der Waals surface area contributed by atoms with Gasteiger partial charge in [0, 0.05) is 17.1 Å². The molecular formula is C26H25N3O3. The molecule has 0 aliphatic carbocycles. The molecule has 3 aromatic rings. The first-order valence-electron chi connectivity index (χ1n) is 10.4. The number of para-hydroxylation sites is 1. The highest BCUT2D eigenvalue weighted by atomic mass is 16.2. The number of aromatic nitrogens is 1. The van der Waals surface area contributed by atoms with Crippen LogP contribution in [0.15, 0.2) is 54.1 Å². The number of rotatable bonds is 3. The molecule has 1 saturated heterocycles. The number of anilines is 1. The SMILES string of the molecule is Cc1ccccc1N1C(=O)NC(=O)/C(=C\c2cc(C)n(-c3cccc(C)c3C)c2C)C1=O. The molecule has 0 saturated carbocycles. The third kappa shape index (κ3) is 3.43. The van der Waals surface area contributed by atoms with Crippen LogP contribution in [0.2, 0.25) is 0 Å². The molecule has 0 unspecified atom stereocenters. The minimum absolute atomic E-state index is 0.0749. The number of imide groups is 2. The Morgan fingerprint density at radius 3 is 2.19 bits per heavy atom. The van der Waals surface area contributed by atoms with Crippen LogP contribution in [0.25, 0.3) is 11.8 Å². The Hall–Kier alpha value is -3.93. The number of hydrogen-bond donors (Lipinski definition) is 1. The number of hydrogen-bond acceptors (Lipinski definition) is 3. The Kier molecular flexibility index (Phi) is 5.30. The summed E-state index contributed by atoms with van der Waals surface area (Å²) in [5.41, 5.74) is 7.19. The highest BCUT2D eigenvalue weighted by Crippen LogP contribution is 2.28. The average Bonchev–Trinajstić information content (AvgIpc) is 3.01. The fourth-order valence-corrected chi connectivity index (χ4v) is 4.13. The van der Waals surface area contributed by atoms with Gasteiger partial charge in [-0.25, -0.2) is 9.69 Å². The molecule has 0 radical (unpaired) electrons. The summed E-state index contributed by atoms with van der Waals surface area (Å²) in [7, 11) is 0. The molecule has 4 rings (SSSR count). The first-order chi connectivity index (χ1) is 15.2. The summed E-state index contributed by atoms with van der Waals surface area (Å²) in [6.45, 7) is 9.90. The van der Waals surface area contributed by atoms with Crippen LogP contribution in [0.1, 0.15) is 33.6 Å². The Balaban J connectivity index is 1.81. The molecular weight excluding hydrogens is 402 g/mol. The van der Waals surface area contributed by atoms with E-state index in [0.29, 0.717) is 5.69 Å². The molecule has 1 fully saturated rings. The van der Waals surface area contributed by atoms with E-state index in [9.17, 15) is 14.4 Å². The van der Waals surface area contributed by atoms with Gasteiger partial charge in [0.2, 0.25) is 0 Å². The number of carbonyl (C=O) groups is 3. The monoisotopic (exact) mass is 427 g/mol. The summed E-state index contributed by atoms with van der Waals surface area (Å²) >= 11 is 0. The zero-order valence-corrected chi connectivity index (χ0v) is 18.8. The van der Waals surface area contributed by atoms with Crippen molar-refractivity contribution >= 4 is 29.6 Å². The van der Waals surface area contributed by atoms with Crippen LogP contribution >= 0.6 is 0 Å². The summed E-state index contributed by atoms with van der Waals surface area (Å²) < 4.78 is 2.12. The van der Waals surface area contributed by atoms with Crippen LogP contribution < -0.4 is 10.2 Å². The predicted octanol–water partition coefficient (Wildman–Crippen LogP) is 4.69. The van der Waals surface area contributed by atoms with Crippen molar-refractivity contribution in [2.24, 2.45) is 0 Å². The number of nitrogens with zero attached hydrogens (tertiary/aromatic N) is 2. The number of nitrogens with one attached hydrogen (secondary N) is 1. The Bertz CT molecular complexity index is 1310. The van der Waals surface area contributed by atoms with E-state index in [1.807, 2.05) is 45.0 Å². The van der Waals surface area contributed by atoms with Crippen LogP contribution in [0.4, 0.5) is 10.5 Å². The van der Waals surface area contributed by atoms with Crippen molar-refractivity contribution in [3.8, 4) is 5.69 Å². The lowest BCUT2D eigenvalue weighted by atomic mass is 10.1. The quantitative estimate of drug-likeness (QED) is 0.487. The smallest absolute Gasteiger partial charge is 0.318 e. The minimum atomic E-state index is -0.743. The molecule has 2 heterocycles. The van der Waals surface area contributed by atoms with Crippen molar-refractivity contribution in [2.75, 3.05) is 4.90 Å². The molecule has 32 heavy (non-hydrogen) atoms. The molecule has 6 nitrogen and oxygen atoms in total. The second kappa shape index (κ2) is 7.96. The zero-order chi connectivity index (χ0) is 23.2. The molecule has 0 bridgehead atoms. The van der Waals surface area contributed by atoms with Crippen LogP contribution in [0.3, 0.4) is 0 Å². The summed E-state index contributed by atoms with van der Waals surface area (Å²) in [6.07, 6.45) is 1.57. The highest BCUT2D eigenvalue weighted by Gasteiger charge is 2.37. The molecule has 1 N–H and O–H groups in total. The average molecular weight is 428 g/mol. The third-order valence-electron chi connectivity index (χ3n) is 6.05. The molecule has 4 amide bonds. The number of carbonyl (C=O) groups excluding carboxylic acids is 3. The zero-order valence-electron chi connectivity index (χ0n) is 18.8. The van der Waals surface area contributed by atoms with Gasteiger partial charge in [0.25, 0.3) is 11.8 Å². The van der Waals surface area contributed by atoms with E-state index in [1.54, 1.807) is 18.2 Å². The van der Waals surface area contributed by atoms with Gasteiger partial charge < -0.3 is 4.57 Å². The van der Waals surface area contributed by atoms with E-state index >= 15 is 0 Å². The summed E-state index contributed by atoms with van der Waals surface area (Å²) in [5.74, 6) is -1.33. The van der Waals surface area contributed by atoms with E-state index in [4.69, 9.17) is 0 Å². The van der Waals surface area contributed by atoms with E-state index in [0.717, 1.165) is 38.7 Å². The first kappa shape index (κ1) is 21.3. The summed E-state index contributed by atoms with van der Waals surface area (Å²) in [6, 6.07) is 14.4. The molecule has 0 atom stereocenters. The Morgan fingerprint density at radius 2 is 1.47 bits per heavy atom. The first-order valence-corrected chi connectivity index (χ1v) is 10.4. The highest BCUT2D eigenvalue weighted by molar-refractivity contribution is 6.39. The second-order valence-electron chi connectivity index (χ2n) is 8.13. The maximum Gasteiger partial charge on any atom is 0.335 e. The fourth-order valence-electron chi connectivity index (χ4n) is 4.13. The molecule has 2 aromatic carbocycles. The molecule has 162 valence electrons. The Labute approximate surface area is 187 Å². The van der Waals surface area contributed by atoms with Crippen molar-refractivity contribution in [1.82, 2.24) is 9.88 Å². The van der Waals surface area contributed by atoms with Gasteiger partial charge in [-0.15, -0.1) is 0 Å². The van der Waals surface area contributed by atoms with E-state index < -0.39 is 17.8 Å². The standard InChI is InChI=1S/C26H25N3O3/c1-15-10-8-12-23(18(15)4)28-17(3)13-20(19(28)5)14-21-24(30)27-26(32)29(25(21)31)22-11-7-6-9-16(22)2/h6-14H,1-5H3,(H,27,30,32)/b21-14+. The van der Waals surface area contributed by atoms with Crippen LogP contribution in [-0.4, -0.2) is 22.4 Å². The lowest BCUT2D eigenvalue weighted by Crippen LogP contribution is -2.54. The fraction of sp³-hybridized carbons (Fsp3) is 0.192. The van der Waals surface area contributed by atoms with Gasteiger partial charge in [-0.2, -0.15) is 0 Å². The van der Waals surface area contributed by atoms with Gasteiger partial charge >= 0.3 is 6.03 Å². The topological polar surface area (TPSA) is 71.4 Å². The van der Waals surface area contributed by atoms with Gasteiger partial charge in [-0.1, -0.05) is 30.3 Å². The molecule has 0 spiro atoms.